The van der Waals surface area contributed by atoms with Gasteiger partial charge in [0.15, 0.2) is 0 Å². The first kappa shape index (κ1) is 13.1. The van der Waals surface area contributed by atoms with Gasteiger partial charge in [-0.25, -0.2) is 4.79 Å². The molecule has 0 bridgehead atoms. The summed E-state index contributed by atoms with van der Waals surface area (Å²) >= 11 is 2.21. The van der Waals surface area contributed by atoms with Gasteiger partial charge in [-0.1, -0.05) is 6.07 Å². The van der Waals surface area contributed by atoms with Crippen LogP contribution < -0.4 is 4.74 Å². The van der Waals surface area contributed by atoms with Crippen LogP contribution in [0.15, 0.2) is 42.5 Å². The molecule has 18 heavy (non-hydrogen) atoms. The third-order valence-electron chi connectivity index (χ3n) is 2.77. The molecule has 0 aliphatic carbocycles. The minimum absolute atomic E-state index is 0.320. The van der Waals surface area contributed by atoms with Crippen molar-refractivity contribution in [2.24, 2.45) is 0 Å². The summed E-state index contributed by atoms with van der Waals surface area (Å²) in [7, 11) is 0. The smallest absolute Gasteiger partial charge is 0.343 e. The molecular formula is C15H13IO2. The molecule has 0 amide bonds. The summed E-state index contributed by atoms with van der Waals surface area (Å²) in [5.41, 5.74) is 2.84. The Morgan fingerprint density at radius 1 is 1.00 bits per heavy atom. The summed E-state index contributed by atoms with van der Waals surface area (Å²) in [6.07, 6.45) is 0. The van der Waals surface area contributed by atoms with Crippen LogP contribution >= 0.6 is 22.6 Å². The van der Waals surface area contributed by atoms with E-state index < -0.39 is 0 Å². The quantitative estimate of drug-likeness (QED) is 0.462. The number of carbonyl (C=O) groups is 1. The topological polar surface area (TPSA) is 26.3 Å². The highest BCUT2D eigenvalue weighted by molar-refractivity contribution is 14.1. The first-order valence-electron chi connectivity index (χ1n) is 5.61. The fraction of sp³-hybridized carbons (Fsp3) is 0.133. The minimum Gasteiger partial charge on any atom is -0.423 e. The number of carbonyl (C=O) groups excluding carboxylic acids is 1. The van der Waals surface area contributed by atoms with Gasteiger partial charge in [-0.3, -0.25) is 0 Å². The van der Waals surface area contributed by atoms with Gasteiger partial charge in [0.25, 0.3) is 0 Å². The maximum Gasteiger partial charge on any atom is 0.343 e. The maximum atomic E-state index is 11.9. The van der Waals surface area contributed by atoms with E-state index in [0.29, 0.717) is 11.3 Å². The van der Waals surface area contributed by atoms with E-state index in [1.807, 2.05) is 38.1 Å². The molecule has 0 fully saturated rings. The SMILES string of the molecule is Cc1ccc(C(=O)Oc2ccc(I)cc2)cc1C. The molecule has 0 N–H and O–H groups in total. The summed E-state index contributed by atoms with van der Waals surface area (Å²) in [6, 6.07) is 13.0. The van der Waals surface area contributed by atoms with Crippen LogP contribution in [0.5, 0.6) is 5.75 Å². The van der Waals surface area contributed by atoms with Gasteiger partial charge in [0.05, 0.1) is 5.56 Å². The number of hydrogen-bond acceptors (Lipinski definition) is 2. The second-order valence-corrected chi connectivity index (χ2v) is 5.39. The second-order valence-electron chi connectivity index (χ2n) is 4.14. The molecule has 2 nitrogen and oxygen atoms in total. The Kier molecular flexibility index (Phi) is 4.01. The number of ether oxygens (including phenoxy) is 1. The Morgan fingerprint density at radius 2 is 1.67 bits per heavy atom. The zero-order valence-corrected chi connectivity index (χ0v) is 12.4. The van der Waals surface area contributed by atoms with Gasteiger partial charge < -0.3 is 4.74 Å². The van der Waals surface area contributed by atoms with Crippen LogP contribution in [-0.4, -0.2) is 5.97 Å². The molecule has 2 aromatic carbocycles. The molecule has 0 radical (unpaired) electrons. The van der Waals surface area contributed by atoms with Crippen molar-refractivity contribution in [2.75, 3.05) is 0 Å². The number of aryl methyl sites for hydroxylation is 2. The highest BCUT2D eigenvalue weighted by atomic mass is 127. The van der Waals surface area contributed by atoms with E-state index in [4.69, 9.17) is 4.74 Å². The number of hydrogen-bond donors (Lipinski definition) is 0. The van der Waals surface area contributed by atoms with Crippen LogP contribution in [0.4, 0.5) is 0 Å². The summed E-state index contributed by atoms with van der Waals surface area (Å²) in [4.78, 5) is 11.9. The van der Waals surface area contributed by atoms with Gasteiger partial charge >= 0.3 is 5.97 Å². The lowest BCUT2D eigenvalue weighted by molar-refractivity contribution is 0.0734. The summed E-state index contributed by atoms with van der Waals surface area (Å²) in [5.74, 6) is 0.248. The normalized spacial score (nSPS) is 10.2. The van der Waals surface area contributed by atoms with Crippen LogP contribution in [0, 0.1) is 17.4 Å². The molecule has 2 aromatic rings. The van der Waals surface area contributed by atoms with E-state index in [0.717, 1.165) is 9.13 Å². The molecule has 0 atom stereocenters. The maximum absolute atomic E-state index is 11.9. The van der Waals surface area contributed by atoms with E-state index in [1.54, 1.807) is 18.2 Å². The lowest BCUT2D eigenvalue weighted by Crippen LogP contribution is -2.08. The lowest BCUT2D eigenvalue weighted by atomic mass is 10.1. The third kappa shape index (κ3) is 3.10. The third-order valence-corrected chi connectivity index (χ3v) is 3.49. The minimum atomic E-state index is -0.320. The molecule has 0 heterocycles. The van der Waals surface area contributed by atoms with Crippen molar-refractivity contribution in [1.82, 2.24) is 0 Å². The zero-order valence-electron chi connectivity index (χ0n) is 10.2. The second kappa shape index (κ2) is 5.52. The summed E-state index contributed by atoms with van der Waals surface area (Å²) in [5, 5.41) is 0. The number of benzene rings is 2. The first-order valence-corrected chi connectivity index (χ1v) is 6.69. The van der Waals surface area contributed by atoms with Gasteiger partial charge in [-0.05, 0) is 84.0 Å². The molecule has 0 aliphatic heterocycles. The van der Waals surface area contributed by atoms with Gasteiger partial charge in [0.2, 0.25) is 0 Å². The number of rotatable bonds is 2. The Balaban J connectivity index is 2.16. The Bertz CT molecular complexity index is 574. The molecule has 0 saturated carbocycles. The molecule has 0 unspecified atom stereocenters. The summed E-state index contributed by atoms with van der Waals surface area (Å²) < 4.78 is 6.42. The van der Waals surface area contributed by atoms with Crippen LogP contribution in [0.1, 0.15) is 21.5 Å². The number of halogens is 1. The highest BCUT2D eigenvalue weighted by Gasteiger charge is 2.09. The fourth-order valence-electron chi connectivity index (χ4n) is 1.54. The molecular weight excluding hydrogens is 339 g/mol. The first-order chi connectivity index (χ1) is 8.56. The number of esters is 1. The van der Waals surface area contributed by atoms with Gasteiger partial charge in [-0.15, -0.1) is 0 Å². The molecule has 0 spiro atoms. The monoisotopic (exact) mass is 352 g/mol. The van der Waals surface area contributed by atoms with Crippen molar-refractivity contribution >= 4 is 28.6 Å². The van der Waals surface area contributed by atoms with Crippen molar-refractivity contribution in [1.29, 1.82) is 0 Å². The Hall–Kier alpha value is -1.36. The van der Waals surface area contributed by atoms with Gasteiger partial charge in [0.1, 0.15) is 5.75 Å². The Labute approximate surface area is 120 Å². The molecule has 0 aliphatic rings. The molecule has 2 rings (SSSR count). The predicted molar refractivity (Wildman–Crippen MR) is 80.0 cm³/mol. The van der Waals surface area contributed by atoms with Crippen molar-refractivity contribution in [2.45, 2.75) is 13.8 Å². The van der Waals surface area contributed by atoms with Gasteiger partial charge in [-0.2, -0.15) is 0 Å². The standard InChI is InChI=1S/C15H13IO2/c1-10-3-4-12(9-11(10)2)15(17)18-14-7-5-13(16)6-8-14/h3-9H,1-2H3. The highest BCUT2D eigenvalue weighted by Crippen LogP contribution is 2.16. The average Bonchev–Trinajstić information content (AvgIpc) is 2.35. The summed E-state index contributed by atoms with van der Waals surface area (Å²) in [6.45, 7) is 4.00. The van der Waals surface area contributed by atoms with E-state index in [9.17, 15) is 4.79 Å². The molecule has 3 heteroatoms. The van der Waals surface area contributed by atoms with Crippen molar-refractivity contribution in [3.63, 3.8) is 0 Å². The molecule has 0 saturated heterocycles. The van der Waals surface area contributed by atoms with Crippen molar-refractivity contribution in [3.05, 3.63) is 62.7 Å². The van der Waals surface area contributed by atoms with E-state index in [-0.39, 0.29) is 5.97 Å². The van der Waals surface area contributed by atoms with Crippen LogP contribution in [0.2, 0.25) is 0 Å². The fourth-order valence-corrected chi connectivity index (χ4v) is 1.90. The molecule has 0 aromatic heterocycles. The largest absolute Gasteiger partial charge is 0.423 e. The van der Waals surface area contributed by atoms with Crippen LogP contribution in [0.25, 0.3) is 0 Å². The zero-order chi connectivity index (χ0) is 13.1. The van der Waals surface area contributed by atoms with Crippen LogP contribution in [0.3, 0.4) is 0 Å². The van der Waals surface area contributed by atoms with Crippen LogP contribution in [-0.2, 0) is 0 Å². The molecule has 92 valence electrons. The van der Waals surface area contributed by atoms with E-state index in [2.05, 4.69) is 22.6 Å². The van der Waals surface area contributed by atoms with E-state index >= 15 is 0 Å². The van der Waals surface area contributed by atoms with Crippen molar-refractivity contribution < 1.29 is 9.53 Å². The predicted octanol–water partition coefficient (Wildman–Crippen LogP) is 4.13. The van der Waals surface area contributed by atoms with E-state index in [1.165, 1.54) is 5.56 Å². The average molecular weight is 352 g/mol. The lowest BCUT2D eigenvalue weighted by Gasteiger charge is -2.06. The Morgan fingerprint density at radius 3 is 2.28 bits per heavy atom. The van der Waals surface area contributed by atoms with Crippen molar-refractivity contribution in [3.8, 4) is 5.75 Å². The van der Waals surface area contributed by atoms with Gasteiger partial charge in [0, 0.05) is 3.57 Å².